The Bertz CT molecular complexity index is 3310. The van der Waals surface area contributed by atoms with E-state index in [1.165, 1.54) is 117 Å². The maximum absolute atomic E-state index is 2.59. The number of fused-ring (bicyclic) bond motifs is 16. The Morgan fingerprint density at radius 1 is 0.406 bits per heavy atom. The van der Waals surface area contributed by atoms with Crippen molar-refractivity contribution in [3.63, 3.8) is 0 Å². The summed E-state index contributed by atoms with van der Waals surface area (Å²) in [6, 6.07) is 77.2. The second-order valence-corrected chi connectivity index (χ2v) is 19.4. The lowest BCUT2D eigenvalue weighted by atomic mass is 9.65. The molecule has 0 bridgehead atoms. The van der Waals surface area contributed by atoms with Crippen LogP contribution in [0.5, 0.6) is 0 Å². The van der Waals surface area contributed by atoms with Gasteiger partial charge in [0.15, 0.2) is 0 Å². The molecule has 4 aliphatic rings. The quantitative estimate of drug-likeness (QED) is 0.157. The molecule has 0 heteroatoms. The van der Waals surface area contributed by atoms with Crippen molar-refractivity contribution in [2.75, 3.05) is 0 Å². The molecule has 0 saturated heterocycles. The first-order valence-corrected chi connectivity index (χ1v) is 23.4. The van der Waals surface area contributed by atoms with Crippen LogP contribution in [0.15, 0.2) is 200 Å². The maximum atomic E-state index is 2.59. The van der Waals surface area contributed by atoms with E-state index in [2.05, 4.69) is 228 Å². The predicted octanol–water partition coefficient (Wildman–Crippen LogP) is 16.5. The van der Waals surface area contributed by atoms with Crippen molar-refractivity contribution in [1.82, 2.24) is 0 Å². The lowest BCUT2D eigenvalue weighted by Gasteiger charge is -2.36. The molecule has 0 amide bonds. The Morgan fingerprint density at radius 2 is 0.891 bits per heavy atom. The van der Waals surface area contributed by atoms with Gasteiger partial charge in [0.05, 0.1) is 5.41 Å². The third kappa shape index (κ3) is 4.95. The zero-order valence-electron chi connectivity index (χ0n) is 37.0. The molecule has 0 N–H and O–H groups in total. The molecule has 0 nitrogen and oxygen atoms in total. The van der Waals surface area contributed by atoms with Gasteiger partial charge in [-0.05, 0) is 135 Å². The van der Waals surface area contributed by atoms with Gasteiger partial charge < -0.3 is 0 Å². The Hall–Kier alpha value is -7.02. The Morgan fingerprint density at radius 3 is 1.55 bits per heavy atom. The highest BCUT2D eigenvalue weighted by molar-refractivity contribution is 5.96. The fourth-order valence-corrected chi connectivity index (χ4v) is 13.2. The van der Waals surface area contributed by atoms with E-state index in [-0.39, 0.29) is 17.3 Å². The van der Waals surface area contributed by atoms with Gasteiger partial charge in [-0.1, -0.05) is 222 Å². The van der Waals surface area contributed by atoms with E-state index < -0.39 is 5.41 Å². The SMILES string of the molecule is CCC1c2ccccc2-c2ccc(-c3ccc(C(C)C(c4ccc5c(c4)C(C)(C)c4ccccc4-5)c4cccc5c4C4(c6ccccc6-c6ccccc64)c4ccccc4-5)cc3)cc21. The zero-order valence-corrected chi connectivity index (χ0v) is 37.0. The molecule has 3 unspecified atom stereocenters. The number of benzene rings is 9. The van der Waals surface area contributed by atoms with Crippen molar-refractivity contribution >= 4 is 0 Å². The van der Waals surface area contributed by atoms with E-state index in [0.717, 1.165) is 6.42 Å². The summed E-state index contributed by atoms with van der Waals surface area (Å²) in [6.07, 6.45) is 1.10. The Balaban J connectivity index is 1.00. The van der Waals surface area contributed by atoms with Crippen LogP contribution in [-0.2, 0) is 10.8 Å². The lowest BCUT2D eigenvalue weighted by molar-refractivity contribution is 0.630. The van der Waals surface area contributed by atoms with Gasteiger partial charge >= 0.3 is 0 Å². The highest BCUT2D eigenvalue weighted by Gasteiger charge is 2.53. The van der Waals surface area contributed by atoms with Crippen molar-refractivity contribution < 1.29 is 0 Å². The van der Waals surface area contributed by atoms with Gasteiger partial charge in [0, 0.05) is 17.3 Å². The molecular weight excluding hydrogens is 769 g/mol. The summed E-state index contributed by atoms with van der Waals surface area (Å²) < 4.78 is 0. The van der Waals surface area contributed by atoms with Gasteiger partial charge in [-0.2, -0.15) is 0 Å². The van der Waals surface area contributed by atoms with Gasteiger partial charge in [0.2, 0.25) is 0 Å². The van der Waals surface area contributed by atoms with E-state index in [9.17, 15) is 0 Å². The van der Waals surface area contributed by atoms with Crippen LogP contribution in [0.2, 0.25) is 0 Å². The molecule has 0 aliphatic heterocycles. The molecule has 13 rings (SSSR count). The third-order valence-electron chi connectivity index (χ3n) is 16.1. The third-order valence-corrected chi connectivity index (χ3v) is 16.1. The second-order valence-electron chi connectivity index (χ2n) is 19.4. The molecule has 0 aromatic heterocycles. The maximum Gasteiger partial charge on any atom is 0.0728 e. The van der Waals surface area contributed by atoms with Gasteiger partial charge in [-0.3, -0.25) is 0 Å². The van der Waals surface area contributed by atoms with Crippen molar-refractivity contribution in [3.8, 4) is 55.6 Å². The number of rotatable bonds is 6. The van der Waals surface area contributed by atoms with Crippen molar-refractivity contribution in [1.29, 1.82) is 0 Å². The van der Waals surface area contributed by atoms with Crippen LogP contribution in [0, 0.1) is 0 Å². The van der Waals surface area contributed by atoms with Crippen molar-refractivity contribution in [3.05, 3.63) is 261 Å². The first-order chi connectivity index (χ1) is 31.4. The summed E-state index contributed by atoms with van der Waals surface area (Å²) in [5, 5.41) is 0. The number of hydrogen-bond acceptors (Lipinski definition) is 0. The smallest absolute Gasteiger partial charge is 0.0645 e. The molecule has 4 aliphatic carbocycles. The minimum atomic E-state index is -0.437. The Kier molecular flexibility index (Phi) is 8.06. The second kappa shape index (κ2) is 13.7. The summed E-state index contributed by atoms with van der Waals surface area (Å²) >= 11 is 0. The van der Waals surface area contributed by atoms with E-state index in [1.54, 1.807) is 0 Å². The van der Waals surface area contributed by atoms with Crippen LogP contribution in [0.25, 0.3) is 55.6 Å². The Labute approximate surface area is 378 Å². The highest BCUT2D eigenvalue weighted by Crippen LogP contribution is 2.65. The van der Waals surface area contributed by atoms with Crippen LogP contribution in [-0.4, -0.2) is 0 Å². The number of hydrogen-bond donors (Lipinski definition) is 0. The largest absolute Gasteiger partial charge is 0.0728 e. The molecule has 0 heterocycles. The van der Waals surface area contributed by atoms with Crippen LogP contribution >= 0.6 is 0 Å². The fourth-order valence-electron chi connectivity index (χ4n) is 13.2. The van der Waals surface area contributed by atoms with Crippen molar-refractivity contribution in [2.24, 2.45) is 0 Å². The lowest BCUT2D eigenvalue weighted by Crippen LogP contribution is -2.28. The molecule has 0 radical (unpaired) electrons. The van der Waals surface area contributed by atoms with Crippen LogP contribution in [0.3, 0.4) is 0 Å². The fraction of sp³-hybridized carbons (Fsp3) is 0.156. The monoisotopic (exact) mass is 818 g/mol. The summed E-state index contributed by atoms with van der Waals surface area (Å²) in [5.41, 5.74) is 28.4. The van der Waals surface area contributed by atoms with Crippen molar-refractivity contribution in [2.45, 2.75) is 62.7 Å². The topological polar surface area (TPSA) is 0 Å². The molecule has 64 heavy (non-hydrogen) atoms. The summed E-state index contributed by atoms with van der Waals surface area (Å²) in [5.74, 6) is 0.676. The van der Waals surface area contributed by atoms with Crippen LogP contribution in [0.4, 0.5) is 0 Å². The van der Waals surface area contributed by atoms with E-state index in [0.29, 0.717) is 5.92 Å². The van der Waals surface area contributed by atoms with Gasteiger partial charge in [0.25, 0.3) is 0 Å². The minimum absolute atomic E-state index is 0.0699. The average molecular weight is 819 g/mol. The average Bonchev–Trinajstić information content (AvgIpc) is 4.01. The first-order valence-electron chi connectivity index (χ1n) is 23.4. The van der Waals surface area contributed by atoms with E-state index >= 15 is 0 Å². The molecule has 0 fully saturated rings. The minimum Gasteiger partial charge on any atom is -0.0645 e. The van der Waals surface area contributed by atoms with Gasteiger partial charge in [0.1, 0.15) is 0 Å². The van der Waals surface area contributed by atoms with E-state index in [4.69, 9.17) is 0 Å². The highest BCUT2D eigenvalue weighted by atomic mass is 14.5. The first kappa shape index (κ1) is 37.5. The zero-order chi connectivity index (χ0) is 42.9. The standard InChI is InChI=1S/C64H50/c1-5-44-45-17-6-7-18-46(45)47-35-33-42(37-55(44)47)41-31-29-40(30-32-41)39(2)61(43-34-36-52-48-19-8-12-25-56(48)63(3,4)60(52)38-43)54-24-16-23-53-51-22-11-15-28-59(51)64(62(53)54)57-26-13-9-20-49(57)50-21-10-14-27-58(50)64/h6-39,44,61H,5H2,1-4H3. The van der Waals surface area contributed by atoms with E-state index in [1.807, 2.05) is 0 Å². The molecule has 9 aromatic carbocycles. The predicted molar refractivity (Wildman–Crippen MR) is 266 cm³/mol. The summed E-state index contributed by atoms with van der Waals surface area (Å²) in [7, 11) is 0. The summed E-state index contributed by atoms with van der Waals surface area (Å²) in [4.78, 5) is 0. The van der Waals surface area contributed by atoms with Crippen LogP contribution in [0.1, 0.15) is 113 Å². The van der Waals surface area contributed by atoms with Gasteiger partial charge in [-0.15, -0.1) is 0 Å². The normalized spacial score (nSPS) is 16.8. The molecule has 3 atom stereocenters. The molecule has 9 aromatic rings. The van der Waals surface area contributed by atoms with Gasteiger partial charge in [-0.25, -0.2) is 0 Å². The summed E-state index contributed by atoms with van der Waals surface area (Å²) in [6.45, 7) is 9.63. The molecule has 0 saturated carbocycles. The molecule has 1 spiro atoms. The molecular formula is C64H50. The van der Waals surface area contributed by atoms with Crippen LogP contribution < -0.4 is 0 Å². The molecule has 306 valence electrons.